The summed E-state index contributed by atoms with van der Waals surface area (Å²) in [5, 5.41) is 0. The quantitative estimate of drug-likeness (QED) is 0.540. The lowest BCUT2D eigenvalue weighted by atomic mass is 10.4. The summed E-state index contributed by atoms with van der Waals surface area (Å²) in [5.74, 6) is 0. The normalized spacial score (nSPS) is 15.1. The van der Waals surface area contributed by atoms with Crippen molar-refractivity contribution in [2.24, 2.45) is 0 Å². The van der Waals surface area contributed by atoms with Crippen molar-refractivity contribution in [1.82, 2.24) is 0 Å². The Balaban J connectivity index is 3.64. The number of alkyl halides is 2. The van der Waals surface area contributed by atoms with Gasteiger partial charge in [0.05, 0.1) is 10.8 Å². The average molecular weight is 350 g/mol. The molecule has 0 spiro atoms. The van der Waals surface area contributed by atoms with Crippen molar-refractivity contribution in [3.05, 3.63) is 0 Å². The fourth-order valence-electron chi connectivity index (χ4n) is 0.570. The van der Waals surface area contributed by atoms with Crippen LogP contribution in [0.2, 0.25) is 0 Å². The van der Waals surface area contributed by atoms with Gasteiger partial charge in [0.1, 0.15) is 0 Å². The lowest BCUT2D eigenvalue weighted by Gasteiger charge is -2.14. The zero-order valence-electron chi connectivity index (χ0n) is 7.76. The third-order valence-corrected chi connectivity index (χ3v) is 6.01. The summed E-state index contributed by atoms with van der Waals surface area (Å²) < 4.78 is 6.22. The minimum absolute atomic E-state index is 0.293. The number of thioether (sulfide) groups is 1. The van der Waals surface area contributed by atoms with Crippen LogP contribution in [0.25, 0.3) is 0 Å². The van der Waals surface area contributed by atoms with E-state index in [-0.39, 0.29) is 0 Å². The molecule has 0 bridgehead atoms. The maximum atomic E-state index is 5.30. The monoisotopic (exact) mass is 348 g/mol. The highest BCUT2D eigenvalue weighted by atomic mass is 79.9. The average Bonchev–Trinajstić information content (AvgIpc) is 2.13. The molecule has 0 aliphatic carbocycles. The molecule has 0 aromatic carbocycles. The Hall–Kier alpha value is 1.20. The van der Waals surface area contributed by atoms with E-state index in [2.05, 4.69) is 45.7 Å². The molecule has 2 unspecified atom stereocenters. The van der Waals surface area contributed by atoms with Crippen molar-refractivity contribution in [3.8, 4) is 0 Å². The second-order valence-corrected chi connectivity index (χ2v) is 7.00. The minimum Gasteiger partial charge on any atom is -0.479 e. The van der Waals surface area contributed by atoms with Gasteiger partial charge in [-0.1, -0.05) is 57.5 Å². The topological polar surface area (TPSA) is 9.23 Å². The molecule has 0 heterocycles. The van der Waals surface area contributed by atoms with Crippen LogP contribution in [0.15, 0.2) is 0 Å². The summed E-state index contributed by atoms with van der Waals surface area (Å²) in [7, 11) is 0. The molecule has 5 heteroatoms. The summed E-state index contributed by atoms with van der Waals surface area (Å²) in [6, 6.07) is 0. The van der Waals surface area contributed by atoms with E-state index < -0.39 is 0 Å². The van der Waals surface area contributed by atoms with E-state index in [0.717, 1.165) is 12.8 Å². The molecule has 0 fully saturated rings. The predicted octanol–water partition coefficient (Wildman–Crippen LogP) is 4.33. The van der Waals surface area contributed by atoms with Gasteiger partial charge in [-0.15, -0.1) is 0 Å². The molecule has 0 aromatic rings. The van der Waals surface area contributed by atoms with Crippen LogP contribution < -0.4 is 0 Å². The van der Waals surface area contributed by atoms with Crippen LogP contribution in [0.3, 0.4) is 0 Å². The first-order valence-corrected chi connectivity index (χ1v) is 7.35. The lowest BCUT2D eigenvalue weighted by molar-refractivity contribution is 0.322. The van der Waals surface area contributed by atoms with E-state index in [4.69, 9.17) is 17.0 Å². The highest BCUT2D eigenvalue weighted by molar-refractivity contribution is 9.13. The first kappa shape index (κ1) is 14.2. The predicted molar refractivity (Wildman–Crippen MR) is 72.2 cm³/mol. The molecule has 0 saturated heterocycles. The van der Waals surface area contributed by atoms with Crippen molar-refractivity contribution in [1.29, 1.82) is 0 Å². The lowest BCUT2D eigenvalue weighted by Crippen LogP contribution is -2.12. The Labute approximate surface area is 107 Å². The fourth-order valence-corrected chi connectivity index (χ4v) is 3.22. The Morgan fingerprint density at radius 1 is 1.46 bits per heavy atom. The van der Waals surface area contributed by atoms with E-state index in [1.807, 2.05) is 0 Å². The minimum atomic E-state index is 0.293. The highest BCUT2D eigenvalue weighted by Gasteiger charge is 2.16. The summed E-state index contributed by atoms with van der Waals surface area (Å²) in [5.41, 5.74) is 0. The van der Waals surface area contributed by atoms with Gasteiger partial charge in [-0.2, -0.15) is 0 Å². The van der Waals surface area contributed by atoms with E-state index in [1.165, 1.54) is 0 Å². The van der Waals surface area contributed by atoms with Gasteiger partial charge in [-0.25, -0.2) is 0 Å². The second kappa shape index (κ2) is 8.50. The summed E-state index contributed by atoms with van der Waals surface area (Å²) in [6.45, 7) is 4.91. The maximum absolute atomic E-state index is 5.30. The summed E-state index contributed by atoms with van der Waals surface area (Å²) in [4.78, 5) is 0.431. The molecule has 1 nitrogen and oxygen atoms in total. The maximum Gasteiger partial charge on any atom is 0.221 e. The van der Waals surface area contributed by atoms with Crippen molar-refractivity contribution >= 4 is 60.2 Å². The van der Waals surface area contributed by atoms with E-state index in [0.29, 0.717) is 20.0 Å². The molecule has 0 aromatic heterocycles. The van der Waals surface area contributed by atoms with Gasteiger partial charge < -0.3 is 4.74 Å². The van der Waals surface area contributed by atoms with Gasteiger partial charge in [-0.05, 0) is 25.1 Å². The standard InChI is InChI=1S/C8H14Br2OS2/c1-3-5-11-8(12)13-7(10)6(9)4-2/h6-7H,3-5H2,1-2H3. The van der Waals surface area contributed by atoms with Gasteiger partial charge in [-0.3, -0.25) is 0 Å². The number of rotatable bonds is 5. The van der Waals surface area contributed by atoms with Crippen LogP contribution in [0.5, 0.6) is 0 Å². The first-order valence-electron chi connectivity index (χ1n) is 4.23. The van der Waals surface area contributed by atoms with Crippen molar-refractivity contribution in [2.45, 2.75) is 35.7 Å². The Bertz CT molecular complexity index is 155. The largest absolute Gasteiger partial charge is 0.479 e. The van der Waals surface area contributed by atoms with Crippen LogP contribution in [0.4, 0.5) is 0 Å². The molecular weight excluding hydrogens is 336 g/mol. The molecule has 0 radical (unpaired) electrons. The van der Waals surface area contributed by atoms with Gasteiger partial charge in [0, 0.05) is 4.83 Å². The second-order valence-electron chi connectivity index (χ2n) is 2.49. The van der Waals surface area contributed by atoms with Crippen molar-refractivity contribution < 1.29 is 4.74 Å². The first-order chi connectivity index (χ1) is 6.11. The molecule has 0 saturated carbocycles. The van der Waals surface area contributed by atoms with Crippen LogP contribution in [-0.2, 0) is 4.74 Å². The van der Waals surface area contributed by atoms with Crippen molar-refractivity contribution in [2.75, 3.05) is 6.61 Å². The van der Waals surface area contributed by atoms with Crippen LogP contribution in [0.1, 0.15) is 26.7 Å². The van der Waals surface area contributed by atoms with E-state index in [9.17, 15) is 0 Å². The van der Waals surface area contributed by atoms with Crippen LogP contribution >= 0.6 is 55.8 Å². The Kier molecular flexibility index (Phi) is 9.29. The fraction of sp³-hybridized carbons (Fsp3) is 0.875. The summed E-state index contributed by atoms with van der Waals surface area (Å²) in [6.07, 6.45) is 2.07. The van der Waals surface area contributed by atoms with E-state index >= 15 is 0 Å². The molecule has 13 heavy (non-hydrogen) atoms. The molecule has 78 valence electrons. The molecule has 0 aliphatic heterocycles. The number of halogens is 2. The molecule has 0 N–H and O–H groups in total. The molecule has 2 atom stereocenters. The van der Waals surface area contributed by atoms with Crippen LogP contribution in [0, 0.1) is 0 Å². The Morgan fingerprint density at radius 2 is 2.08 bits per heavy atom. The third kappa shape index (κ3) is 7.17. The zero-order chi connectivity index (χ0) is 10.3. The molecular formula is C8H14Br2OS2. The summed E-state index contributed by atoms with van der Waals surface area (Å²) >= 11 is 13.7. The van der Waals surface area contributed by atoms with Crippen LogP contribution in [-0.4, -0.2) is 20.0 Å². The number of thiocarbonyl (C=S) groups is 1. The highest BCUT2D eigenvalue weighted by Crippen LogP contribution is 2.29. The molecule has 0 rings (SSSR count). The number of hydrogen-bond donors (Lipinski definition) is 0. The van der Waals surface area contributed by atoms with Gasteiger partial charge in [0.25, 0.3) is 0 Å². The Morgan fingerprint density at radius 3 is 2.54 bits per heavy atom. The SMILES string of the molecule is CCCOC(=S)SC(Br)C(Br)CC. The number of hydrogen-bond acceptors (Lipinski definition) is 3. The van der Waals surface area contributed by atoms with Gasteiger partial charge in [0.15, 0.2) is 0 Å². The van der Waals surface area contributed by atoms with Gasteiger partial charge in [0.2, 0.25) is 4.38 Å². The number of ether oxygens (including phenoxy) is 1. The van der Waals surface area contributed by atoms with Crippen molar-refractivity contribution in [3.63, 3.8) is 0 Å². The zero-order valence-corrected chi connectivity index (χ0v) is 12.6. The smallest absolute Gasteiger partial charge is 0.221 e. The molecule has 0 aliphatic rings. The van der Waals surface area contributed by atoms with E-state index in [1.54, 1.807) is 11.8 Å². The third-order valence-electron chi connectivity index (χ3n) is 1.31. The van der Waals surface area contributed by atoms with Gasteiger partial charge >= 0.3 is 0 Å². The molecule has 0 amide bonds.